The van der Waals surface area contributed by atoms with Crippen molar-refractivity contribution in [3.63, 3.8) is 0 Å². The Kier molecular flexibility index (Phi) is 4.27. The van der Waals surface area contributed by atoms with Crippen LogP contribution in [0.15, 0.2) is 18.3 Å². The first-order valence-electron chi connectivity index (χ1n) is 4.08. The van der Waals surface area contributed by atoms with E-state index in [-0.39, 0.29) is 5.91 Å². The second kappa shape index (κ2) is 5.26. The van der Waals surface area contributed by atoms with Crippen LogP contribution >= 0.6 is 22.6 Å². The van der Waals surface area contributed by atoms with Gasteiger partial charge < -0.3 is 10.1 Å². The molecule has 4 nitrogen and oxygen atoms in total. The summed E-state index contributed by atoms with van der Waals surface area (Å²) in [6.07, 6.45) is 1.23. The number of hydrogen-bond donors (Lipinski definition) is 1. The molecule has 1 atom stereocenters. The van der Waals surface area contributed by atoms with E-state index < -0.39 is 6.10 Å². The fourth-order valence-electron chi connectivity index (χ4n) is 0.785. The summed E-state index contributed by atoms with van der Waals surface area (Å²) in [6, 6.07) is 3.63. The lowest BCUT2D eigenvalue weighted by atomic mass is 10.3. The molecule has 0 radical (unpaired) electrons. The number of anilines is 1. The number of methoxy groups -OCH3 is 1. The number of carbonyl (C=O) groups is 1. The van der Waals surface area contributed by atoms with Gasteiger partial charge in [0.2, 0.25) is 0 Å². The van der Waals surface area contributed by atoms with Crippen molar-refractivity contribution in [1.29, 1.82) is 0 Å². The van der Waals surface area contributed by atoms with Crippen LogP contribution in [0.1, 0.15) is 6.92 Å². The van der Waals surface area contributed by atoms with Crippen molar-refractivity contribution >= 4 is 34.3 Å². The molecule has 0 aromatic carbocycles. The Balaban J connectivity index is 2.60. The molecule has 0 fully saturated rings. The number of ether oxygens (including phenoxy) is 1. The molecule has 0 saturated carbocycles. The largest absolute Gasteiger partial charge is 0.372 e. The summed E-state index contributed by atoms with van der Waals surface area (Å²) in [4.78, 5) is 15.4. The number of nitrogens with one attached hydrogen (secondary N) is 1. The minimum Gasteiger partial charge on any atom is -0.372 e. The summed E-state index contributed by atoms with van der Waals surface area (Å²) < 4.78 is 5.89. The smallest absolute Gasteiger partial charge is 0.254 e. The fraction of sp³-hybridized carbons (Fsp3) is 0.333. The number of hydrogen-bond acceptors (Lipinski definition) is 3. The van der Waals surface area contributed by atoms with Gasteiger partial charge in [-0.2, -0.15) is 0 Å². The standard InChI is InChI=1S/C9H11IN2O2/c1-6(14-2)9(13)12-8-4-3-7(10)5-11-8/h3-6H,1-2H3,(H,11,12,13). The normalized spacial score (nSPS) is 12.2. The Bertz CT molecular complexity index is 313. The highest BCUT2D eigenvalue weighted by Crippen LogP contribution is 2.07. The van der Waals surface area contributed by atoms with Crippen molar-refractivity contribution in [2.45, 2.75) is 13.0 Å². The van der Waals surface area contributed by atoms with E-state index in [0.717, 1.165) is 3.57 Å². The number of pyridine rings is 1. The van der Waals surface area contributed by atoms with Crippen LogP contribution in [0, 0.1) is 3.57 Å². The first-order valence-corrected chi connectivity index (χ1v) is 5.16. The minimum absolute atomic E-state index is 0.193. The van der Waals surface area contributed by atoms with Gasteiger partial charge in [-0.3, -0.25) is 4.79 Å². The lowest BCUT2D eigenvalue weighted by Gasteiger charge is -2.09. The van der Waals surface area contributed by atoms with E-state index in [4.69, 9.17) is 4.74 Å². The quantitative estimate of drug-likeness (QED) is 0.864. The van der Waals surface area contributed by atoms with E-state index in [9.17, 15) is 4.79 Å². The lowest BCUT2D eigenvalue weighted by molar-refractivity contribution is -0.124. The van der Waals surface area contributed by atoms with Crippen molar-refractivity contribution in [3.05, 3.63) is 21.9 Å². The number of rotatable bonds is 3. The zero-order chi connectivity index (χ0) is 10.6. The van der Waals surface area contributed by atoms with Crippen LogP contribution in [0.4, 0.5) is 5.82 Å². The molecule has 0 aliphatic carbocycles. The molecule has 76 valence electrons. The number of nitrogens with zero attached hydrogens (tertiary/aromatic N) is 1. The van der Waals surface area contributed by atoms with E-state index in [1.807, 2.05) is 6.07 Å². The van der Waals surface area contributed by atoms with Gasteiger partial charge in [-0.15, -0.1) is 0 Å². The second-order valence-corrected chi connectivity index (χ2v) is 3.97. The topological polar surface area (TPSA) is 51.2 Å². The highest BCUT2D eigenvalue weighted by Gasteiger charge is 2.11. The van der Waals surface area contributed by atoms with Crippen molar-refractivity contribution in [3.8, 4) is 0 Å². The molecule has 0 aliphatic heterocycles. The Labute approximate surface area is 96.2 Å². The third kappa shape index (κ3) is 3.22. The molecule has 5 heteroatoms. The van der Waals surface area contributed by atoms with Gasteiger partial charge in [0.15, 0.2) is 0 Å². The Hall–Kier alpha value is -0.690. The van der Waals surface area contributed by atoms with Crippen molar-refractivity contribution < 1.29 is 9.53 Å². The Morgan fingerprint density at radius 3 is 2.86 bits per heavy atom. The summed E-state index contributed by atoms with van der Waals surface area (Å²) in [5.41, 5.74) is 0. The second-order valence-electron chi connectivity index (χ2n) is 2.73. The molecule has 1 aromatic heterocycles. The molecule has 1 rings (SSSR count). The van der Waals surface area contributed by atoms with Gasteiger partial charge >= 0.3 is 0 Å². The van der Waals surface area contributed by atoms with Gasteiger partial charge in [0, 0.05) is 16.9 Å². The maximum Gasteiger partial charge on any atom is 0.254 e. The molecule has 1 amide bonds. The van der Waals surface area contributed by atoms with Crippen LogP contribution in [0.3, 0.4) is 0 Å². The number of amides is 1. The van der Waals surface area contributed by atoms with E-state index in [2.05, 4.69) is 32.9 Å². The van der Waals surface area contributed by atoms with Crippen LogP contribution in [-0.4, -0.2) is 24.1 Å². The summed E-state index contributed by atoms with van der Waals surface area (Å²) in [7, 11) is 1.49. The van der Waals surface area contributed by atoms with Crippen LogP contribution in [0.5, 0.6) is 0 Å². The van der Waals surface area contributed by atoms with Crippen molar-refractivity contribution in [2.75, 3.05) is 12.4 Å². The minimum atomic E-state index is -0.462. The molecule has 1 aromatic rings. The van der Waals surface area contributed by atoms with Gasteiger partial charge in [0.05, 0.1) is 0 Å². The van der Waals surface area contributed by atoms with Crippen LogP contribution in [0.25, 0.3) is 0 Å². The van der Waals surface area contributed by atoms with Gasteiger partial charge in [-0.25, -0.2) is 4.98 Å². The monoisotopic (exact) mass is 306 g/mol. The number of aromatic nitrogens is 1. The summed E-state index contributed by atoms with van der Waals surface area (Å²) in [5.74, 6) is 0.348. The highest BCUT2D eigenvalue weighted by molar-refractivity contribution is 14.1. The van der Waals surface area contributed by atoms with E-state index >= 15 is 0 Å². The molecule has 1 heterocycles. The third-order valence-corrected chi connectivity index (χ3v) is 2.34. The molecule has 14 heavy (non-hydrogen) atoms. The predicted molar refractivity (Wildman–Crippen MR) is 62.1 cm³/mol. The first-order chi connectivity index (χ1) is 6.63. The lowest BCUT2D eigenvalue weighted by Crippen LogP contribution is -2.26. The molecule has 0 saturated heterocycles. The van der Waals surface area contributed by atoms with Crippen molar-refractivity contribution in [2.24, 2.45) is 0 Å². The van der Waals surface area contributed by atoms with Crippen LogP contribution in [-0.2, 0) is 9.53 Å². The van der Waals surface area contributed by atoms with Gasteiger partial charge in [0.25, 0.3) is 5.91 Å². The molecular formula is C9H11IN2O2. The molecule has 1 unspecified atom stereocenters. The van der Waals surface area contributed by atoms with E-state index in [1.165, 1.54) is 7.11 Å². The first kappa shape index (κ1) is 11.4. The summed E-state index contributed by atoms with van der Waals surface area (Å²) in [5, 5.41) is 2.64. The maximum atomic E-state index is 11.4. The average molecular weight is 306 g/mol. The van der Waals surface area contributed by atoms with Crippen LogP contribution in [0.2, 0.25) is 0 Å². The molecular weight excluding hydrogens is 295 g/mol. The fourth-order valence-corrected chi connectivity index (χ4v) is 1.10. The van der Waals surface area contributed by atoms with E-state index in [1.54, 1.807) is 19.2 Å². The maximum absolute atomic E-state index is 11.4. The number of carbonyl (C=O) groups excluding carboxylic acids is 1. The average Bonchev–Trinajstić information content (AvgIpc) is 2.20. The van der Waals surface area contributed by atoms with Crippen molar-refractivity contribution in [1.82, 2.24) is 4.98 Å². The van der Waals surface area contributed by atoms with Gasteiger partial charge in [-0.05, 0) is 41.6 Å². The Morgan fingerprint density at radius 1 is 1.64 bits per heavy atom. The van der Waals surface area contributed by atoms with Gasteiger partial charge in [-0.1, -0.05) is 0 Å². The zero-order valence-electron chi connectivity index (χ0n) is 7.95. The molecule has 1 N–H and O–H groups in total. The summed E-state index contributed by atoms with van der Waals surface area (Å²) >= 11 is 2.15. The third-order valence-electron chi connectivity index (χ3n) is 1.70. The van der Waals surface area contributed by atoms with Crippen LogP contribution < -0.4 is 5.32 Å². The molecule has 0 aliphatic rings. The van der Waals surface area contributed by atoms with Gasteiger partial charge in [0.1, 0.15) is 11.9 Å². The molecule has 0 bridgehead atoms. The Morgan fingerprint density at radius 2 is 2.36 bits per heavy atom. The predicted octanol–water partition coefficient (Wildman–Crippen LogP) is 1.66. The molecule has 0 spiro atoms. The van der Waals surface area contributed by atoms with E-state index in [0.29, 0.717) is 5.82 Å². The zero-order valence-corrected chi connectivity index (χ0v) is 10.1. The summed E-state index contributed by atoms with van der Waals surface area (Å²) in [6.45, 7) is 1.68. The number of halogens is 1. The SMILES string of the molecule is COC(C)C(=O)Nc1ccc(I)cn1. The highest BCUT2D eigenvalue weighted by atomic mass is 127.